The Morgan fingerprint density at radius 1 is 1.53 bits per heavy atom. The van der Waals surface area contributed by atoms with Crippen LogP contribution in [-0.2, 0) is 0 Å². The van der Waals surface area contributed by atoms with Crippen molar-refractivity contribution in [2.45, 2.75) is 6.92 Å². The Bertz CT molecular complexity index is 395. The Hall–Kier alpha value is -1.62. The molecule has 5 heteroatoms. The number of hydrogen-bond acceptors (Lipinski definition) is 3. The highest BCUT2D eigenvalue weighted by molar-refractivity contribution is 5.95. The van der Waals surface area contributed by atoms with Crippen molar-refractivity contribution in [3.8, 4) is 5.75 Å². The zero-order valence-electron chi connectivity index (χ0n) is 9.94. The van der Waals surface area contributed by atoms with Crippen molar-refractivity contribution < 1.29 is 19.0 Å². The third-order valence-electron chi connectivity index (χ3n) is 2.45. The van der Waals surface area contributed by atoms with Crippen molar-refractivity contribution >= 4 is 5.91 Å². The first kappa shape index (κ1) is 13.4. The van der Waals surface area contributed by atoms with Gasteiger partial charge in [-0.25, -0.2) is 4.39 Å². The molecule has 0 aliphatic rings. The molecular weight excluding hydrogens is 225 g/mol. The number of halogens is 1. The molecule has 1 rings (SSSR count). The van der Waals surface area contributed by atoms with Crippen LogP contribution in [0.2, 0.25) is 0 Å². The van der Waals surface area contributed by atoms with Gasteiger partial charge in [0.15, 0.2) is 11.6 Å². The maximum atomic E-state index is 13.8. The van der Waals surface area contributed by atoms with E-state index in [9.17, 15) is 9.18 Å². The van der Waals surface area contributed by atoms with Crippen LogP contribution in [-0.4, -0.2) is 42.7 Å². The van der Waals surface area contributed by atoms with Crippen LogP contribution in [0.15, 0.2) is 18.2 Å². The number of benzene rings is 1. The Morgan fingerprint density at radius 3 is 2.76 bits per heavy atom. The SMILES string of the molecule is CCN(CCO)C(=O)c1cccc(OC)c1F. The molecule has 0 aromatic heterocycles. The van der Waals surface area contributed by atoms with E-state index in [0.29, 0.717) is 6.54 Å². The van der Waals surface area contributed by atoms with E-state index >= 15 is 0 Å². The molecule has 0 aliphatic heterocycles. The quantitative estimate of drug-likeness (QED) is 0.845. The second kappa shape index (κ2) is 6.20. The molecule has 17 heavy (non-hydrogen) atoms. The summed E-state index contributed by atoms with van der Waals surface area (Å²) in [5.74, 6) is -1.08. The summed E-state index contributed by atoms with van der Waals surface area (Å²) in [6, 6.07) is 4.41. The van der Waals surface area contributed by atoms with E-state index in [-0.39, 0.29) is 24.5 Å². The normalized spacial score (nSPS) is 10.1. The fourth-order valence-corrected chi connectivity index (χ4v) is 1.53. The molecule has 0 unspecified atom stereocenters. The van der Waals surface area contributed by atoms with Gasteiger partial charge in [-0.05, 0) is 19.1 Å². The first-order valence-electron chi connectivity index (χ1n) is 5.38. The van der Waals surface area contributed by atoms with Gasteiger partial charge in [0.05, 0.1) is 19.3 Å². The van der Waals surface area contributed by atoms with Gasteiger partial charge in [0.25, 0.3) is 5.91 Å². The van der Waals surface area contributed by atoms with Crippen LogP contribution in [0.4, 0.5) is 4.39 Å². The number of aliphatic hydroxyl groups is 1. The predicted octanol–water partition coefficient (Wildman–Crippen LogP) is 1.29. The molecule has 1 aromatic carbocycles. The number of hydrogen-bond donors (Lipinski definition) is 1. The molecular formula is C12H16FNO3. The molecule has 0 fully saturated rings. The summed E-state index contributed by atoms with van der Waals surface area (Å²) < 4.78 is 18.6. The number of aliphatic hydroxyl groups excluding tert-OH is 1. The predicted molar refractivity (Wildman–Crippen MR) is 61.6 cm³/mol. The van der Waals surface area contributed by atoms with Crippen LogP contribution in [0, 0.1) is 5.82 Å². The maximum absolute atomic E-state index is 13.8. The van der Waals surface area contributed by atoms with Gasteiger partial charge >= 0.3 is 0 Å². The number of carbonyl (C=O) groups is 1. The van der Waals surface area contributed by atoms with Crippen LogP contribution < -0.4 is 4.74 Å². The van der Waals surface area contributed by atoms with Crippen LogP contribution in [0.25, 0.3) is 0 Å². The van der Waals surface area contributed by atoms with Gasteiger partial charge in [-0.15, -0.1) is 0 Å². The smallest absolute Gasteiger partial charge is 0.257 e. The molecule has 0 heterocycles. The average molecular weight is 241 g/mol. The molecule has 0 atom stereocenters. The van der Waals surface area contributed by atoms with Crippen LogP contribution in [0.5, 0.6) is 5.75 Å². The molecule has 0 bridgehead atoms. The molecule has 0 aliphatic carbocycles. The van der Waals surface area contributed by atoms with Crippen LogP contribution in [0.1, 0.15) is 17.3 Å². The van der Waals surface area contributed by atoms with Crippen molar-refractivity contribution in [2.75, 3.05) is 26.8 Å². The minimum atomic E-state index is -0.670. The van der Waals surface area contributed by atoms with E-state index in [1.165, 1.54) is 24.1 Å². The first-order valence-corrected chi connectivity index (χ1v) is 5.38. The second-order valence-corrected chi connectivity index (χ2v) is 3.43. The average Bonchev–Trinajstić information content (AvgIpc) is 2.35. The number of amides is 1. The number of ether oxygens (including phenoxy) is 1. The van der Waals surface area contributed by atoms with Gasteiger partial charge in [0.1, 0.15) is 0 Å². The Kier molecular flexibility index (Phi) is 4.90. The molecule has 0 spiro atoms. The molecule has 4 nitrogen and oxygen atoms in total. The lowest BCUT2D eigenvalue weighted by Gasteiger charge is -2.20. The van der Waals surface area contributed by atoms with E-state index in [1.807, 2.05) is 0 Å². The monoisotopic (exact) mass is 241 g/mol. The van der Waals surface area contributed by atoms with Crippen molar-refractivity contribution in [1.82, 2.24) is 4.90 Å². The fraction of sp³-hybridized carbons (Fsp3) is 0.417. The Balaban J connectivity index is 3.02. The first-order chi connectivity index (χ1) is 8.15. The molecule has 0 saturated carbocycles. The second-order valence-electron chi connectivity index (χ2n) is 3.43. The molecule has 1 amide bonds. The third kappa shape index (κ3) is 2.94. The summed E-state index contributed by atoms with van der Waals surface area (Å²) >= 11 is 0. The lowest BCUT2D eigenvalue weighted by atomic mass is 10.1. The van der Waals surface area contributed by atoms with E-state index < -0.39 is 11.7 Å². The van der Waals surface area contributed by atoms with Gasteiger partial charge in [0, 0.05) is 13.1 Å². The van der Waals surface area contributed by atoms with Crippen LogP contribution in [0.3, 0.4) is 0 Å². The van der Waals surface area contributed by atoms with Crippen molar-refractivity contribution in [1.29, 1.82) is 0 Å². The topological polar surface area (TPSA) is 49.8 Å². The van der Waals surface area contributed by atoms with Crippen molar-refractivity contribution in [3.63, 3.8) is 0 Å². The summed E-state index contributed by atoms with van der Waals surface area (Å²) in [6.45, 7) is 2.22. The van der Waals surface area contributed by atoms with Crippen molar-refractivity contribution in [2.24, 2.45) is 0 Å². The van der Waals surface area contributed by atoms with Gasteiger partial charge < -0.3 is 14.7 Å². The van der Waals surface area contributed by atoms with Gasteiger partial charge in [-0.3, -0.25) is 4.79 Å². The molecule has 1 aromatic rings. The Morgan fingerprint density at radius 2 is 2.24 bits per heavy atom. The summed E-state index contributed by atoms with van der Waals surface area (Å²) in [5, 5.41) is 8.82. The summed E-state index contributed by atoms with van der Waals surface area (Å²) in [4.78, 5) is 13.3. The number of carbonyl (C=O) groups excluding carboxylic acids is 1. The number of rotatable bonds is 5. The largest absolute Gasteiger partial charge is 0.494 e. The lowest BCUT2D eigenvalue weighted by molar-refractivity contribution is 0.0726. The highest BCUT2D eigenvalue weighted by atomic mass is 19.1. The fourth-order valence-electron chi connectivity index (χ4n) is 1.53. The number of likely N-dealkylation sites (N-methyl/N-ethyl adjacent to an activating group) is 1. The van der Waals surface area contributed by atoms with E-state index in [2.05, 4.69) is 0 Å². The van der Waals surface area contributed by atoms with Gasteiger partial charge in [0.2, 0.25) is 0 Å². The highest BCUT2D eigenvalue weighted by Gasteiger charge is 2.19. The zero-order valence-corrected chi connectivity index (χ0v) is 9.94. The van der Waals surface area contributed by atoms with Crippen molar-refractivity contribution in [3.05, 3.63) is 29.6 Å². The molecule has 0 saturated heterocycles. The standard InChI is InChI=1S/C12H16FNO3/c1-3-14(7-8-15)12(16)9-5-4-6-10(17-2)11(9)13/h4-6,15H,3,7-8H2,1-2H3. The molecule has 0 radical (unpaired) electrons. The third-order valence-corrected chi connectivity index (χ3v) is 2.45. The van der Waals surface area contributed by atoms with Gasteiger partial charge in [-0.1, -0.05) is 6.07 Å². The van der Waals surface area contributed by atoms with Crippen LogP contribution >= 0.6 is 0 Å². The zero-order chi connectivity index (χ0) is 12.8. The van der Waals surface area contributed by atoms with E-state index in [1.54, 1.807) is 13.0 Å². The summed E-state index contributed by atoms with van der Waals surface area (Å²) in [6.07, 6.45) is 0. The van der Waals surface area contributed by atoms with Gasteiger partial charge in [-0.2, -0.15) is 0 Å². The summed E-state index contributed by atoms with van der Waals surface area (Å²) in [5.41, 5.74) is -0.0420. The minimum absolute atomic E-state index is 0.0379. The summed E-state index contributed by atoms with van der Waals surface area (Å²) in [7, 11) is 1.35. The molecule has 1 N–H and O–H groups in total. The minimum Gasteiger partial charge on any atom is -0.494 e. The maximum Gasteiger partial charge on any atom is 0.257 e. The Labute approximate surface area is 99.6 Å². The number of nitrogens with zero attached hydrogens (tertiary/aromatic N) is 1. The van der Waals surface area contributed by atoms with E-state index in [4.69, 9.17) is 9.84 Å². The highest BCUT2D eigenvalue weighted by Crippen LogP contribution is 2.21. The number of methoxy groups -OCH3 is 1. The lowest BCUT2D eigenvalue weighted by Crippen LogP contribution is -2.33. The van der Waals surface area contributed by atoms with E-state index in [0.717, 1.165) is 0 Å². The molecule has 94 valence electrons.